The van der Waals surface area contributed by atoms with Gasteiger partial charge in [-0.25, -0.2) is 0 Å². The summed E-state index contributed by atoms with van der Waals surface area (Å²) in [6.07, 6.45) is 0. The molecule has 6 nitrogen and oxygen atoms in total. The van der Waals surface area contributed by atoms with Crippen LogP contribution in [-0.2, 0) is 9.59 Å². The lowest BCUT2D eigenvalue weighted by Crippen LogP contribution is -2.53. The summed E-state index contributed by atoms with van der Waals surface area (Å²) in [5.41, 5.74) is 1.17. The highest BCUT2D eigenvalue weighted by atomic mass is 16.4. The summed E-state index contributed by atoms with van der Waals surface area (Å²) in [4.78, 5) is 35.6. The van der Waals surface area contributed by atoms with Crippen LogP contribution in [0, 0.1) is 11.8 Å². The maximum absolute atomic E-state index is 12.2. The molecule has 0 bridgehead atoms. The quantitative estimate of drug-likeness (QED) is 0.878. The normalized spacial score (nSPS) is 16.0. The van der Waals surface area contributed by atoms with Gasteiger partial charge in [0.1, 0.15) is 0 Å². The topological polar surface area (TPSA) is 86.7 Å². The fourth-order valence-corrected chi connectivity index (χ4v) is 2.28. The van der Waals surface area contributed by atoms with E-state index in [1.165, 1.54) is 6.92 Å². The molecule has 1 aromatic carbocycles. The lowest BCUT2D eigenvalue weighted by molar-refractivity contribution is -0.144. The van der Waals surface area contributed by atoms with Crippen LogP contribution in [0.4, 0.5) is 5.69 Å². The number of carbonyl (C=O) groups excluding carboxylic acids is 2. The number of anilines is 1. The van der Waals surface area contributed by atoms with E-state index < -0.39 is 11.9 Å². The first-order valence-electron chi connectivity index (χ1n) is 6.78. The van der Waals surface area contributed by atoms with Gasteiger partial charge in [-0.15, -0.1) is 0 Å². The number of hydrogen-bond acceptors (Lipinski definition) is 3. The summed E-state index contributed by atoms with van der Waals surface area (Å²) >= 11 is 0. The Morgan fingerprint density at radius 2 is 1.81 bits per heavy atom. The average Bonchev–Trinajstić information content (AvgIpc) is 2.36. The van der Waals surface area contributed by atoms with Crippen LogP contribution < -0.4 is 5.32 Å². The summed E-state index contributed by atoms with van der Waals surface area (Å²) in [5, 5.41) is 11.6. The van der Waals surface area contributed by atoms with E-state index in [0.717, 1.165) is 0 Å². The van der Waals surface area contributed by atoms with Crippen LogP contribution in [0.15, 0.2) is 24.3 Å². The van der Waals surface area contributed by atoms with Crippen molar-refractivity contribution in [2.75, 3.05) is 18.4 Å². The number of hydrogen-bond donors (Lipinski definition) is 2. The molecular weight excluding hydrogens is 272 g/mol. The molecule has 1 fully saturated rings. The molecule has 1 aliphatic heterocycles. The molecule has 2 N–H and O–H groups in total. The number of nitrogens with zero attached hydrogens (tertiary/aromatic N) is 1. The molecule has 1 heterocycles. The second-order valence-electron chi connectivity index (χ2n) is 5.36. The summed E-state index contributed by atoms with van der Waals surface area (Å²) in [6, 6.07) is 6.65. The Morgan fingerprint density at radius 1 is 1.24 bits per heavy atom. The van der Waals surface area contributed by atoms with E-state index in [2.05, 4.69) is 5.32 Å². The number of carbonyl (C=O) groups is 3. The van der Waals surface area contributed by atoms with E-state index in [9.17, 15) is 14.4 Å². The van der Waals surface area contributed by atoms with Crippen LogP contribution in [0.1, 0.15) is 24.2 Å². The first kappa shape index (κ1) is 15.0. The summed E-state index contributed by atoms with van der Waals surface area (Å²) in [6.45, 7) is 4.03. The van der Waals surface area contributed by atoms with Gasteiger partial charge in [0.2, 0.25) is 5.91 Å². The summed E-state index contributed by atoms with van der Waals surface area (Å²) < 4.78 is 0. The van der Waals surface area contributed by atoms with Crippen molar-refractivity contribution in [2.45, 2.75) is 13.8 Å². The van der Waals surface area contributed by atoms with Crippen molar-refractivity contribution in [3.05, 3.63) is 29.8 Å². The Hall–Kier alpha value is -2.37. The van der Waals surface area contributed by atoms with Crippen molar-refractivity contribution in [3.63, 3.8) is 0 Å². The Balaban J connectivity index is 1.93. The van der Waals surface area contributed by atoms with Gasteiger partial charge >= 0.3 is 5.97 Å². The molecule has 112 valence electrons. The van der Waals surface area contributed by atoms with Gasteiger partial charge in [0.15, 0.2) is 0 Å². The molecule has 0 spiro atoms. The molecule has 1 unspecified atom stereocenters. The second kappa shape index (κ2) is 5.95. The van der Waals surface area contributed by atoms with Gasteiger partial charge in [-0.2, -0.15) is 0 Å². The highest BCUT2D eigenvalue weighted by Gasteiger charge is 2.37. The van der Waals surface area contributed by atoms with Crippen LogP contribution in [0.25, 0.3) is 0 Å². The molecule has 0 saturated carbocycles. The largest absolute Gasteiger partial charge is 0.481 e. The molecule has 1 aliphatic rings. The standard InChI is InChI=1S/C15H18N2O4/c1-9(15(20)21)12-7-17(8-12)14(19)11-3-5-13(6-4-11)16-10(2)18/h3-6,9,12H,7-8H2,1-2H3,(H,16,18)(H,20,21). The molecule has 1 saturated heterocycles. The smallest absolute Gasteiger partial charge is 0.306 e. The van der Waals surface area contributed by atoms with E-state index in [1.807, 2.05) is 0 Å². The number of carboxylic acids is 1. The average molecular weight is 290 g/mol. The van der Waals surface area contributed by atoms with Crippen molar-refractivity contribution in [1.29, 1.82) is 0 Å². The lowest BCUT2D eigenvalue weighted by atomic mass is 9.86. The molecule has 21 heavy (non-hydrogen) atoms. The van der Waals surface area contributed by atoms with Crippen molar-refractivity contribution < 1.29 is 19.5 Å². The molecule has 2 amide bonds. The number of amides is 2. The van der Waals surface area contributed by atoms with Gasteiger partial charge < -0.3 is 15.3 Å². The summed E-state index contributed by atoms with van der Waals surface area (Å²) in [7, 11) is 0. The second-order valence-corrected chi connectivity index (χ2v) is 5.36. The molecule has 1 aromatic rings. The lowest BCUT2D eigenvalue weighted by Gasteiger charge is -2.41. The van der Waals surface area contributed by atoms with Gasteiger partial charge in [-0.3, -0.25) is 14.4 Å². The van der Waals surface area contributed by atoms with Crippen molar-refractivity contribution >= 4 is 23.5 Å². The van der Waals surface area contributed by atoms with Gasteiger partial charge in [0.05, 0.1) is 5.92 Å². The Bertz CT molecular complexity index is 562. The summed E-state index contributed by atoms with van der Waals surface area (Å²) in [5.74, 6) is -1.52. The molecular formula is C15H18N2O4. The molecule has 1 atom stereocenters. The van der Waals surface area contributed by atoms with E-state index >= 15 is 0 Å². The zero-order valence-electron chi connectivity index (χ0n) is 12.0. The van der Waals surface area contributed by atoms with E-state index in [0.29, 0.717) is 24.3 Å². The van der Waals surface area contributed by atoms with Crippen LogP contribution in [-0.4, -0.2) is 40.9 Å². The zero-order valence-corrected chi connectivity index (χ0v) is 12.0. The SMILES string of the molecule is CC(=O)Nc1ccc(C(=O)N2CC(C(C)C(=O)O)C2)cc1. The van der Waals surface area contributed by atoms with Gasteiger partial charge in [0.25, 0.3) is 5.91 Å². The van der Waals surface area contributed by atoms with Crippen molar-refractivity contribution in [3.8, 4) is 0 Å². The minimum Gasteiger partial charge on any atom is -0.481 e. The van der Waals surface area contributed by atoms with Gasteiger partial charge in [-0.05, 0) is 24.3 Å². The van der Waals surface area contributed by atoms with E-state index in [4.69, 9.17) is 5.11 Å². The third kappa shape index (κ3) is 3.39. The first-order valence-corrected chi connectivity index (χ1v) is 6.78. The van der Waals surface area contributed by atoms with Crippen LogP contribution in [0.3, 0.4) is 0 Å². The van der Waals surface area contributed by atoms with Gasteiger partial charge in [-0.1, -0.05) is 6.92 Å². The first-order chi connectivity index (χ1) is 9.88. The zero-order chi connectivity index (χ0) is 15.6. The minimum atomic E-state index is -0.827. The van der Waals surface area contributed by atoms with Crippen molar-refractivity contribution in [2.24, 2.45) is 11.8 Å². The Morgan fingerprint density at radius 3 is 2.29 bits per heavy atom. The predicted molar refractivity (Wildman–Crippen MR) is 76.9 cm³/mol. The van der Waals surface area contributed by atoms with Crippen LogP contribution in [0.2, 0.25) is 0 Å². The van der Waals surface area contributed by atoms with Crippen LogP contribution in [0.5, 0.6) is 0 Å². The number of aliphatic carboxylic acids is 1. The maximum Gasteiger partial charge on any atom is 0.306 e. The fourth-order valence-electron chi connectivity index (χ4n) is 2.28. The van der Waals surface area contributed by atoms with E-state index in [1.54, 1.807) is 36.1 Å². The maximum atomic E-state index is 12.2. The number of likely N-dealkylation sites (tertiary alicyclic amines) is 1. The predicted octanol–water partition coefficient (Wildman–Crippen LogP) is 1.44. The molecule has 0 radical (unpaired) electrons. The number of benzene rings is 1. The monoisotopic (exact) mass is 290 g/mol. The third-order valence-electron chi connectivity index (χ3n) is 3.75. The number of nitrogens with one attached hydrogen (secondary N) is 1. The highest BCUT2D eigenvalue weighted by molar-refractivity contribution is 5.96. The van der Waals surface area contributed by atoms with Crippen molar-refractivity contribution in [1.82, 2.24) is 4.90 Å². The Labute approximate surface area is 122 Å². The van der Waals surface area contributed by atoms with Crippen LogP contribution >= 0.6 is 0 Å². The minimum absolute atomic E-state index is 0.0186. The molecule has 0 aromatic heterocycles. The Kier molecular flexibility index (Phi) is 4.26. The molecule has 6 heteroatoms. The van der Waals surface area contributed by atoms with E-state index in [-0.39, 0.29) is 17.7 Å². The third-order valence-corrected chi connectivity index (χ3v) is 3.75. The fraction of sp³-hybridized carbons (Fsp3) is 0.400. The highest BCUT2D eigenvalue weighted by Crippen LogP contribution is 2.26. The number of carboxylic acid groups (broad SMARTS) is 1. The molecule has 2 rings (SSSR count). The number of rotatable bonds is 4. The van der Waals surface area contributed by atoms with Gasteiger partial charge in [0, 0.05) is 37.2 Å². The molecule has 0 aliphatic carbocycles.